The van der Waals surface area contributed by atoms with Gasteiger partial charge in [0.1, 0.15) is 0 Å². The lowest BCUT2D eigenvalue weighted by Gasteiger charge is -2.69. The number of Topliss-reactive ketones (excluding diaryl/α,β-unsaturated/α-hetero) is 1. The Hall–Kier alpha value is -2.48. The molecule has 0 saturated heterocycles. The third kappa shape index (κ3) is 3.72. The van der Waals surface area contributed by atoms with Crippen LogP contribution in [0.1, 0.15) is 100 Å². The fraction of sp³-hybridized carbons (Fsp3) is 0.706. The first-order valence-electron chi connectivity index (χ1n) is 14.7. The Kier molecular flexibility index (Phi) is 6.12. The van der Waals surface area contributed by atoms with Crippen molar-refractivity contribution < 1.29 is 19.1 Å². The molecule has 0 aromatic carbocycles. The molecule has 5 rings (SSSR count). The molecule has 0 unspecified atom stereocenters. The number of ketones is 2. The van der Waals surface area contributed by atoms with Gasteiger partial charge in [-0.25, -0.2) is 4.85 Å². The summed E-state index contributed by atoms with van der Waals surface area (Å²) in [6.07, 6.45) is 14.3. The van der Waals surface area contributed by atoms with Crippen LogP contribution in [0.15, 0.2) is 35.8 Å². The zero-order valence-corrected chi connectivity index (χ0v) is 25.1. The molecule has 0 radical (unpaired) electrons. The van der Waals surface area contributed by atoms with E-state index in [-0.39, 0.29) is 62.6 Å². The SMILES string of the molecule is [C-]#[N+]C1=C[C@]2(C)C3=CC(=O)[C@@H]4[C@@H]5CC(C)(C)CC[C@]5(/C=C/OC(C)=O)CC[C@@]4(C)[C@]3(C)CC[C@H]2C(C)(C)C1=O. The first-order chi connectivity index (χ1) is 18.0. The molecule has 7 atom stereocenters. The van der Waals surface area contributed by atoms with Crippen LogP contribution in [-0.4, -0.2) is 17.5 Å². The van der Waals surface area contributed by atoms with Crippen molar-refractivity contribution in [2.24, 2.45) is 50.2 Å². The van der Waals surface area contributed by atoms with Gasteiger partial charge in [0.05, 0.1) is 12.8 Å². The molecule has 5 aliphatic carbocycles. The number of hydrogen-bond donors (Lipinski definition) is 0. The van der Waals surface area contributed by atoms with Gasteiger partial charge in [-0.1, -0.05) is 60.1 Å². The fourth-order valence-electron chi connectivity index (χ4n) is 10.2. The Morgan fingerprint density at radius 1 is 1.03 bits per heavy atom. The second kappa shape index (κ2) is 8.51. The maximum absolute atomic E-state index is 14.5. The molecule has 5 nitrogen and oxygen atoms in total. The van der Waals surface area contributed by atoms with Crippen LogP contribution in [-0.2, 0) is 19.1 Å². The maximum Gasteiger partial charge on any atom is 0.307 e. The molecule has 210 valence electrons. The lowest BCUT2D eigenvalue weighted by atomic mass is 9.34. The van der Waals surface area contributed by atoms with Crippen molar-refractivity contribution in [2.75, 3.05) is 0 Å². The van der Waals surface area contributed by atoms with Gasteiger partial charge in [-0.15, -0.1) is 0 Å². The summed E-state index contributed by atoms with van der Waals surface area (Å²) in [7, 11) is 0. The van der Waals surface area contributed by atoms with E-state index >= 15 is 0 Å². The molecule has 0 aromatic heterocycles. The van der Waals surface area contributed by atoms with E-state index in [4.69, 9.17) is 11.3 Å². The van der Waals surface area contributed by atoms with E-state index < -0.39 is 10.8 Å². The Balaban J connectivity index is 1.66. The van der Waals surface area contributed by atoms with Crippen LogP contribution in [0, 0.1) is 56.8 Å². The number of ether oxygens (including phenoxy) is 1. The summed E-state index contributed by atoms with van der Waals surface area (Å²) >= 11 is 0. The van der Waals surface area contributed by atoms with Crippen LogP contribution < -0.4 is 0 Å². The third-order valence-corrected chi connectivity index (χ3v) is 12.5. The Morgan fingerprint density at radius 3 is 2.33 bits per heavy atom. The summed E-state index contributed by atoms with van der Waals surface area (Å²) in [6, 6.07) is 0. The normalized spacial score (nSPS) is 44.1. The molecule has 5 aliphatic rings. The summed E-state index contributed by atoms with van der Waals surface area (Å²) in [5.74, 6) is -0.0926. The van der Waals surface area contributed by atoms with Crippen LogP contribution in [0.4, 0.5) is 0 Å². The molecule has 0 amide bonds. The Morgan fingerprint density at radius 2 is 1.69 bits per heavy atom. The van der Waals surface area contributed by atoms with Gasteiger partial charge >= 0.3 is 5.97 Å². The molecular formula is C34H45NO4. The molecule has 0 spiro atoms. The summed E-state index contributed by atoms with van der Waals surface area (Å²) in [5, 5.41) is 0. The van der Waals surface area contributed by atoms with E-state index in [1.165, 1.54) is 6.92 Å². The van der Waals surface area contributed by atoms with Gasteiger partial charge in [0.15, 0.2) is 11.6 Å². The lowest BCUT2D eigenvalue weighted by Crippen LogP contribution is -2.64. The smallest absolute Gasteiger partial charge is 0.307 e. The van der Waals surface area contributed by atoms with Crippen molar-refractivity contribution in [1.82, 2.24) is 0 Å². The standard InChI is InChI=1S/C34H45NO4/c1-21(36)39-17-16-34-14-12-29(2,3)19-22(34)27-24(37)18-26-31(6)20-23(35-9)28(38)30(4,5)25(31)10-11-32(26,7)33(27,8)13-15-34/h16-18,20,22,25,27H,10-15,19H2,1-8H3/b17-16+/t22-,25-,27-,31-,32+,33+,34+/m0/s1. The Bertz CT molecular complexity index is 1280. The predicted molar refractivity (Wildman–Crippen MR) is 151 cm³/mol. The van der Waals surface area contributed by atoms with E-state index in [1.54, 1.807) is 6.26 Å². The third-order valence-electron chi connectivity index (χ3n) is 12.5. The highest BCUT2D eigenvalue weighted by molar-refractivity contribution is 6.03. The summed E-state index contributed by atoms with van der Waals surface area (Å²) in [4.78, 5) is 42.9. The molecular weight excluding hydrogens is 486 g/mol. The minimum Gasteiger partial charge on any atom is -0.435 e. The van der Waals surface area contributed by atoms with Crippen LogP contribution >= 0.6 is 0 Å². The average Bonchev–Trinajstić information content (AvgIpc) is 2.83. The van der Waals surface area contributed by atoms with E-state index in [0.717, 1.165) is 50.5 Å². The highest BCUT2D eigenvalue weighted by Crippen LogP contribution is 2.74. The first-order valence-corrected chi connectivity index (χ1v) is 14.7. The molecule has 0 heterocycles. The number of hydrogen-bond acceptors (Lipinski definition) is 4. The molecule has 0 aromatic rings. The molecule has 3 fully saturated rings. The first kappa shape index (κ1) is 28.1. The van der Waals surface area contributed by atoms with Gasteiger partial charge in [-0.2, -0.15) is 0 Å². The maximum atomic E-state index is 14.5. The van der Waals surface area contributed by atoms with Crippen LogP contribution in [0.5, 0.6) is 0 Å². The zero-order chi connectivity index (χ0) is 28.8. The summed E-state index contributed by atoms with van der Waals surface area (Å²) in [6.45, 7) is 24.7. The predicted octanol–water partition coefficient (Wildman–Crippen LogP) is 7.64. The molecule has 0 N–H and O–H groups in total. The average molecular weight is 532 g/mol. The monoisotopic (exact) mass is 531 g/mol. The van der Waals surface area contributed by atoms with Crippen LogP contribution in [0.2, 0.25) is 0 Å². The molecule has 5 heteroatoms. The highest BCUT2D eigenvalue weighted by atomic mass is 16.5. The number of nitrogens with zero attached hydrogens (tertiary/aromatic N) is 1. The van der Waals surface area contributed by atoms with Crippen molar-refractivity contribution in [3.63, 3.8) is 0 Å². The van der Waals surface area contributed by atoms with Crippen molar-refractivity contribution >= 4 is 17.5 Å². The topological polar surface area (TPSA) is 64.8 Å². The number of fused-ring (bicyclic) bond motifs is 7. The van der Waals surface area contributed by atoms with Gasteiger partial charge in [0.25, 0.3) is 0 Å². The van der Waals surface area contributed by atoms with E-state index in [9.17, 15) is 14.4 Å². The number of allylic oxidation sites excluding steroid dienone is 5. The highest BCUT2D eigenvalue weighted by Gasteiger charge is 2.69. The lowest BCUT2D eigenvalue weighted by molar-refractivity contribution is -0.164. The van der Waals surface area contributed by atoms with Crippen molar-refractivity contribution in [3.05, 3.63) is 47.2 Å². The van der Waals surface area contributed by atoms with Gasteiger partial charge in [0.2, 0.25) is 5.70 Å². The van der Waals surface area contributed by atoms with E-state index in [2.05, 4.69) is 45.5 Å². The molecule has 0 aliphatic heterocycles. The van der Waals surface area contributed by atoms with E-state index in [1.807, 2.05) is 26.0 Å². The van der Waals surface area contributed by atoms with E-state index in [0.29, 0.717) is 0 Å². The van der Waals surface area contributed by atoms with Crippen molar-refractivity contribution in [2.45, 2.75) is 100 Å². The van der Waals surface area contributed by atoms with Gasteiger partial charge in [-0.05, 0) is 90.6 Å². The zero-order valence-electron chi connectivity index (χ0n) is 25.1. The van der Waals surface area contributed by atoms with Crippen molar-refractivity contribution in [3.8, 4) is 0 Å². The second-order valence-electron chi connectivity index (χ2n) is 15.4. The minimum atomic E-state index is -0.650. The molecule has 39 heavy (non-hydrogen) atoms. The van der Waals surface area contributed by atoms with Gasteiger partial charge < -0.3 is 9.53 Å². The number of esters is 1. The molecule has 3 saturated carbocycles. The van der Waals surface area contributed by atoms with Gasteiger partial charge in [0, 0.05) is 23.7 Å². The summed E-state index contributed by atoms with van der Waals surface area (Å²) in [5.41, 5.74) is -0.291. The summed E-state index contributed by atoms with van der Waals surface area (Å²) < 4.78 is 5.28. The minimum absolute atomic E-state index is 0.0539. The van der Waals surface area contributed by atoms with Crippen molar-refractivity contribution in [1.29, 1.82) is 0 Å². The second-order valence-corrected chi connectivity index (χ2v) is 15.4. The molecule has 0 bridgehead atoms. The Labute approximate surface area is 234 Å². The number of carbonyl (C=O) groups excluding carboxylic acids is 3. The number of carbonyl (C=O) groups is 3. The van der Waals surface area contributed by atoms with Crippen LogP contribution in [0.25, 0.3) is 4.85 Å². The fourth-order valence-corrected chi connectivity index (χ4v) is 10.2. The number of rotatable bonds is 2. The quantitative estimate of drug-likeness (QED) is 0.209. The largest absolute Gasteiger partial charge is 0.435 e. The van der Waals surface area contributed by atoms with Crippen LogP contribution in [0.3, 0.4) is 0 Å². The van der Waals surface area contributed by atoms with Gasteiger partial charge in [-0.3, -0.25) is 9.59 Å².